The molecule has 0 amide bonds. The third-order valence-corrected chi connectivity index (χ3v) is 2.67. The van der Waals surface area contributed by atoms with Gasteiger partial charge in [-0.25, -0.2) is 4.79 Å². The van der Waals surface area contributed by atoms with Gasteiger partial charge in [0.25, 0.3) is 0 Å². The molecule has 1 rings (SSSR count). The van der Waals surface area contributed by atoms with Crippen LogP contribution in [0, 0.1) is 6.92 Å². The molecule has 0 bridgehead atoms. The van der Waals surface area contributed by atoms with Gasteiger partial charge in [-0.05, 0) is 37.6 Å². The van der Waals surface area contributed by atoms with E-state index in [-0.39, 0.29) is 5.97 Å². The molecule has 92 valence electrons. The Morgan fingerprint density at radius 3 is 2.65 bits per heavy atom. The fourth-order valence-electron chi connectivity index (χ4n) is 1.45. The Labute approximate surface area is 106 Å². The number of carbonyl (C=O) groups excluding carboxylic acids is 1. The first-order chi connectivity index (χ1) is 7.95. The lowest BCUT2D eigenvalue weighted by atomic mass is 10.1. The molecule has 17 heavy (non-hydrogen) atoms. The third kappa shape index (κ3) is 3.42. The summed E-state index contributed by atoms with van der Waals surface area (Å²) in [5.74, 6) is -0.303. The summed E-state index contributed by atoms with van der Waals surface area (Å²) >= 11 is 4.90. The summed E-state index contributed by atoms with van der Waals surface area (Å²) in [6, 6.07) is 5.16. The van der Waals surface area contributed by atoms with E-state index in [9.17, 15) is 4.79 Å². The lowest BCUT2D eigenvalue weighted by Crippen LogP contribution is -2.27. The average Bonchev–Trinajstić information content (AvgIpc) is 2.30. The minimum absolute atomic E-state index is 0.303. The predicted molar refractivity (Wildman–Crippen MR) is 72.2 cm³/mol. The number of nitrogens with one attached hydrogen (secondary N) is 1. The highest BCUT2D eigenvalue weighted by Gasteiger charge is 2.13. The van der Waals surface area contributed by atoms with Gasteiger partial charge < -0.3 is 15.8 Å². The highest BCUT2D eigenvalue weighted by atomic mass is 32.1. The number of rotatable bonds is 4. The molecular formula is C12H16N2O2S. The Morgan fingerprint density at radius 2 is 2.18 bits per heavy atom. The minimum Gasteiger partial charge on any atom is -0.467 e. The summed E-state index contributed by atoms with van der Waals surface area (Å²) in [7, 11) is 1.36. The first-order valence-corrected chi connectivity index (χ1v) is 5.61. The van der Waals surface area contributed by atoms with Crippen LogP contribution in [0.3, 0.4) is 0 Å². The van der Waals surface area contributed by atoms with Gasteiger partial charge in [-0.3, -0.25) is 0 Å². The lowest BCUT2D eigenvalue weighted by Gasteiger charge is -2.15. The largest absolute Gasteiger partial charge is 0.467 e. The fraction of sp³-hybridized carbons (Fsp3) is 0.333. The molecule has 0 aliphatic heterocycles. The first kappa shape index (κ1) is 13.4. The van der Waals surface area contributed by atoms with Gasteiger partial charge in [0, 0.05) is 11.3 Å². The Hall–Kier alpha value is -1.62. The summed E-state index contributed by atoms with van der Waals surface area (Å²) in [5, 5.41) is 3.07. The molecule has 0 spiro atoms. The van der Waals surface area contributed by atoms with Crippen LogP contribution in [-0.2, 0) is 9.53 Å². The van der Waals surface area contributed by atoms with Gasteiger partial charge in [0.1, 0.15) is 11.0 Å². The number of esters is 1. The maximum atomic E-state index is 11.3. The number of carbonyl (C=O) groups is 1. The van der Waals surface area contributed by atoms with Crippen molar-refractivity contribution in [2.75, 3.05) is 12.4 Å². The van der Waals surface area contributed by atoms with Crippen molar-refractivity contribution in [3.05, 3.63) is 29.3 Å². The van der Waals surface area contributed by atoms with Gasteiger partial charge in [-0.2, -0.15) is 0 Å². The van der Waals surface area contributed by atoms with Crippen LogP contribution in [-0.4, -0.2) is 24.1 Å². The number of hydrogen-bond donors (Lipinski definition) is 2. The number of hydrogen-bond acceptors (Lipinski definition) is 4. The maximum Gasteiger partial charge on any atom is 0.327 e. The molecule has 0 aliphatic carbocycles. The van der Waals surface area contributed by atoms with E-state index in [1.807, 2.05) is 25.1 Å². The van der Waals surface area contributed by atoms with Crippen molar-refractivity contribution < 1.29 is 9.53 Å². The van der Waals surface area contributed by atoms with Gasteiger partial charge in [-0.15, -0.1) is 0 Å². The van der Waals surface area contributed by atoms with E-state index >= 15 is 0 Å². The summed E-state index contributed by atoms with van der Waals surface area (Å²) < 4.78 is 4.64. The minimum atomic E-state index is -0.394. The Morgan fingerprint density at radius 1 is 1.53 bits per heavy atom. The Kier molecular flexibility index (Phi) is 4.45. The molecule has 0 aliphatic rings. The molecule has 0 fully saturated rings. The molecule has 5 heteroatoms. The Bertz CT molecular complexity index is 446. The summed E-state index contributed by atoms with van der Waals surface area (Å²) in [6.45, 7) is 3.67. The van der Waals surface area contributed by atoms with Crippen LogP contribution >= 0.6 is 12.2 Å². The van der Waals surface area contributed by atoms with Crippen LogP contribution in [0.5, 0.6) is 0 Å². The third-order valence-electron chi connectivity index (χ3n) is 2.44. The van der Waals surface area contributed by atoms with E-state index in [1.165, 1.54) is 7.11 Å². The van der Waals surface area contributed by atoms with Gasteiger partial charge in [0.05, 0.1) is 7.11 Å². The molecule has 0 saturated carbocycles. The summed E-state index contributed by atoms with van der Waals surface area (Å²) in [4.78, 5) is 11.6. The number of benzene rings is 1. The normalized spacial score (nSPS) is 11.7. The van der Waals surface area contributed by atoms with Crippen molar-refractivity contribution in [2.45, 2.75) is 19.9 Å². The van der Waals surface area contributed by atoms with Gasteiger partial charge in [-0.1, -0.05) is 12.2 Å². The molecule has 4 nitrogen and oxygen atoms in total. The highest BCUT2D eigenvalue weighted by molar-refractivity contribution is 7.80. The monoisotopic (exact) mass is 252 g/mol. The SMILES string of the molecule is COC(=O)C(C)Nc1ccc(C(N)=S)cc1C. The molecule has 1 atom stereocenters. The van der Waals surface area contributed by atoms with E-state index in [4.69, 9.17) is 18.0 Å². The second-order valence-electron chi connectivity index (χ2n) is 3.78. The second kappa shape index (κ2) is 5.63. The van der Waals surface area contributed by atoms with E-state index < -0.39 is 6.04 Å². The summed E-state index contributed by atoms with van der Waals surface area (Å²) in [6.07, 6.45) is 0. The van der Waals surface area contributed by atoms with Crippen LogP contribution in [0.15, 0.2) is 18.2 Å². The standard InChI is InChI=1S/C12H16N2O2S/c1-7-6-9(11(13)17)4-5-10(7)14-8(2)12(15)16-3/h4-6,8,14H,1-3H3,(H2,13,17). The molecule has 0 radical (unpaired) electrons. The molecule has 3 N–H and O–H groups in total. The highest BCUT2D eigenvalue weighted by Crippen LogP contribution is 2.17. The molecule has 1 aromatic rings. The molecule has 1 aromatic carbocycles. The van der Waals surface area contributed by atoms with Crippen LogP contribution in [0.2, 0.25) is 0 Å². The number of aryl methyl sites for hydroxylation is 1. The molecule has 0 heterocycles. The quantitative estimate of drug-likeness (QED) is 0.629. The van der Waals surface area contributed by atoms with E-state index in [1.54, 1.807) is 6.92 Å². The first-order valence-electron chi connectivity index (χ1n) is 5.20. The smallest absolute Gasteiger partial charge is 0.327 e. The van der Waals surface area contributed by atoms with Crippen molar-refractivity contribution in [2.24, 2.45) is 5.73 Å². The van der Waals surface area contributed by atoms with Gasteiger partial charge in [0.15, 0.2) is 0 Å². The number of thiocarbonyl (C=S) groups is 1. The number of ether oxygens (including phenoxy) is 1. The zero-order valence-corrected chi connectivity index (χ0v) is 10.9. The average molecular weight is 252 g/mol. The van der Waals surface area contributed by atoms with Crippen molar-refractivity contribution in [1.82, 2.24) is 0 Å². The zero-order valence-electron chi connectivity index (χ0n) is 10.1. The number of methoxy groups -OCH3 is 1. The van der Waals surface area contributed by atoms with Crippen LogP contribution in [0.4, 0.5) is 5.69 Å². The molecular weight excluding hydrogens is 236 g/mol. The van der Waals surface area contributed by atoms with Crippen LogP contribution < -0.4 is 11.1 Å². The zero-order chi connectivity index (χ0) is 13.0. The number of anilines is 1. The second-order valence-corrected chi connectivity index (χ2v) is 4.22. The van der Waals surface area contributed by atoms with Crippen LogP contribution in [0.25, 0.3) is 0 Å². The lowest BCUT2D eigenvalue weighted by molar-refractivity contribution is -0.141. The van der Waals surface area contributed by atoms with Crippen molar-refractivity contribution in [1.29, 1.82) is 0 Å². The number of nitrogens with two attached hydrogens (primary N) is 1. The van der Waals surface area contributed by atoms with E-state index in [2.05, 4.69) is 10.1 Å². The van der Waals surface area contributed by atoms with Crippen LogP contribution in [0.1, 0.15) is 18.1 Å². The summed E-state index contributed by atoms with van der Waals surface area (Å²) in [5.41, 5.74) is 8.20. The fourth-order valence-corrected chi connectivity index (χ4v) is 1.57. The van der Waals surface area contributed by atoms with Crippen molar-refractivity contribution >= 4 is 28.9 Å². The van der Waals surface area contributed by atoms with Crippen molar-refractivity contribution in [3.63, 3.8) is 0 Å². The predicted octanol–water partition coefficient (Wildman–Crippen LogP) is 1.60. The van der Waals surface area contributed by atoms with Gasteiger partial charge >= 0.3 is 5.97 Å². The van der Waals surface area contributed by atoms with Crippen molar-refractivity contribution in [3.8, 4) is 0 Å². The molecule has 1 unspecified atom stereocenters. The molecule has 0 saturated heterocycles. The van der Waals surface area contributed by atoms with E-state index in [0.717, 1.165) is 16.8 Å². The molecule has 0 aromatic heterocycles. The Balaban J connectivity index is 2.86. The van der Waals surface area contributed by atoms with E-state index in [0.29, 0.717) is 4.99 Å². The maximum absolute atomic E-state index is 11.3. The van der Waals surface area contributed by atoms with Gasteiger partial charge in [0.2, 0.25) is 0 Å². The topological polar surface area (TPSA) is 64.3 Å².